The molecule has 3 fully saturated rings. The van der Waals surface area contributed by atoms with Crippen molar-refractivity contribution in [3.63, 3.8) is 0 Å². The van der Waals surface area contributed by atoms with Crippen LogP contribution in [0.1, 0.15) is 121 Å². The van der Waals surface area contributed by atoms with E-state index in [-0.39, 0.29) is 29.4 Å². The predicted molar refractivity (Wildman–Crippen MR) is 204 cm³/mol. The molecule has 0 aromatic heterocycles. The summed E-state index contributed by atoms with van der Waals surface area (Å²) in [6, 6.07) is 5.73. The number of phosphoric ester groups is 1. The van der Waals surface area contributed by atoms with E-state index in [0.717, 1.165) is 64.2 Å². The number of nitrogens with one attached hydrogen (secondary N) is 2. The van der Waals surface area contributed by atoms with Gasteiger partial charge >= 0.3 is 7.82 Å². The molecule has 4 aliphatic rings. The lowest BCUT2D eigenvalue weighted by Gasteiger charge is -2.50. The minimum absolute atomic E-state index is 0.0588. The molecule has 0 heterocycles. The molecule has 1 aromatic rings. The summed E-state index contributed by atoms with van der Waals surface area (Å²) in [7, 11) is -2.15. The monoisotopic (exact) mass is 763 g/mol. The van der Waals surface area contributed by atoms with Gasteiger partial charge in [0.1, 0.15) is 5.75 Å². The summed E-state index contributed by atoms with van der Waals surface area (Å²) in [4.78, 5) is 25.4. The number of aliphatic hydroxyl groups is 1. The summed E-state index contributed by atoms with van der Waals surface area (Å²) < 4.78 is 42.7. The maximum atomic E-state index is 13.5. The van der Waals surface area contributed by atoms with Crippen LogP contribution in [-0.2, 0) is 39.1 Å². The zero-order chi connectivity index (χ0) is 38.0. The molecule has 5 rings (SSSR count). The van der Waals surface area contributed by atoms with Gasteiger partial charge in [-0.25, -0.2) is 4.57 Å². The number of hydrogen-bond acceptors (Lipinski definition) is 10. The first-order chi connectivity index (χ1) is 25.5. The summed E-state index contributed by atoms with van der Waals surface area (Å²) in [5.41, 5.74) is 8.73. The summed E-state index contributed by atoms with van der Waals surface area (Å²) in [6.45, 7) is 8.44. The van der Waals surface area contributed by atoms with Crippen LogP contribution in [0, 0.1) is 23.2 Å². The lowest BCUT2D eigenvalue weighted by molar-refractivity contribution is -0.140. The van der Waals surface area contributed by atoms with Gasteiger partial charge in [0.2, 0.25) is 11.8 Å². The first kappa shape index (κ1) is 42.1. The Bertz CT molecular complexity index is 1380. The summed E-state index contributed by atoms with van der Waals surface area (Å²) in [6.07, 6.45) is 10.8. The summed E-state index contributed by atoms with van der Waals surface area (Å²) >= 11 is 0. The number of amides is 2. The highest BCUT2D eigenvalue weighted by molar-refractivity contribution is 7.48. The number of carbonyl (C=O) groups excluding carboxylic acids is 2. The number of rotatable bonds is 20. The number of carbonyl (C=O) groups is 2. The number of fused-ring (bicyclic) bond motifs is 5. The van der Waals surface area contributed by atoms with Gasteiger partial charge < -0.3 is 35.5 Å². The van der Waals surface area contributed by atoms with E-state index in [1.54, 1.807) is 7.11 Å². The third-order valence-electron chi connectivity index (χ3n) is 12.5. The molecule has 4 aliphatic carbocycles. The number of nitrogens with two attached hydrogens (primary N) is 1. The highest BCUT2D eigenvalue weighted by atomic mass is 31.2. The summed E-state index contributed by atoms with van der Waals surface area (Å²) in [5, 5.41) is 16.3. The zero-order valence-corrected chi connectivity index (χ0v) is 33.4. The van der Waals surface area contributed by atoms with Crippen molar-refractivity contribution < 1.29 is 42.3 Å². The Morgan fingerprint density at radius 1 is 0.962 bits per heavy atom. The van der Waals surface area contributed by atoms with Gasteiger partial charge in [0.05, 0.1) is 44.1 Å². The smallest absolute Gasteiger partial charge is 0.404 e. The molecule has 12 nitrogen and oxygen atoms in total. The van der Waals surface area contributed by atoms with Crippen LogP contribution in [0.25, 0.3) is 0 Å². The average Bonchev–Trinajstić information content (AvgIpc) is 3.48. The van der Waals surface area contributed by atoms with Gasteiger partial charge in [-0.2, -0.15) is 0 Å². The maximum absolute atomic E-state index is 13.5. The van der Waals surface area contributed by atoms with E-state index in [4.69, 9.17) is 28.8 Å². The number of hydrogen-bond donors (Lipinski definition) is 4. The molecule has 5 N–H and O–H groups in total. The first-order valence-corrected chi connectivity index (χ1v) is 21.8. The van der Waals surface area contributed by atoms with Gasteiger partial charge in [-0.05, 0) is 117 Å². The molecular weight excluding hydrogens is 697 g/mol. The molecule has 1 aromatic carbocycles. The highest BCUT2D eigenvalue weighted by Crippen LogP contribution is 2.62. The third kappa shape index (κ3) is 10.4. The molecule has 0 saturated heterocycles. The minimum atomic E-state index is -3.70. The molecular formula is C40H66N3O9P. The van der Waals surface area contributed by atoms with Gasteiger partial charge in [0.25, 0.3) is 0 Å². The van der Waals surface area contributed by atoms with Crippen molar-refractivity contribution in [1.29, 1.82) is 0 Å². The molecule has 2 amide bonds. The SMILES string of the molecule is CCCCOP(=O)(OCCCC)Oc1ccc2c(c1)CCC1C2CCC2(C)C(OCCC(=O)NCCCNC(=O)C3C(OC)CCC(N)C3O)CCC12. The van der Waals surface area contributed by atoms with Crippen LogP contribution in [-0.4, -0.2) is 81.3 Å². The van der Waals surface area contributed by atoms with Gasteiger partial charge in [0, 0.05) is 32.7 Å². The zero-order valence-electron chi connectivity index (χ0n) is 32.5. The number of benzene rings is 1. The lowest BCUT2D eigenvalue weighted by Crippen LogP contribution is -2.55. The maximum Gasteiger partial charge on any atom is 0.530 e. The second-order valence-electron chi connectivity index (χ2n) is 15.9. The standard InChI is InChI=1S/C40H66N3O9P/c1-5-7-23-50-53(47,51-24-8-6-2)52-28-11-13-29-27(26-28)10-12-31-30(29)18-20-40(3)32(31)14-17-35(40)49-25-19-36(44)42-21-9-22-43-39(46)37-34(48-4)16-15-33(41)38(37)45/h11,13,26,30-35,37-38,45H,5-10,12,14-25,41H2,1-4H3,(H,42,44)(H,43,46). The van der Waals surface area contributed by atoms with Crippen molar-refractivity contribution in [2.24, 2.45) is 28.9 Å². The number of unbranched alkanes of at least 4 members (excludes halogenated alkanes) is 2. The molecule has 0 aliphatic heterocycles. The molecule has 0 radical (unpaired) electrons. The van der Waals surface area contributed by atoms with E-state index >= 15 is 0 Å². The third-order valence-corrected chi connectivity index (χ3v) is 14.0. The van der Waals surface area contributed by atoms with E-state index in [0.29, 0.717) is 82.1 Å². The van der Waals surface area contributed by atoms with E-state index < -0.39 is 25.9 Å². The van der Waals surface area contributed by atoms with Crippen LogP contribution in [0.3, 0.4) is 0 Å². The van der Waals surface area contributed by atoms with Gasteiger partial charge in [0.15, 0.2) is 0 Å². The molecule has 3 saturated carbocycles. The molecule has 9 atom stereocenters. The van der Waals surface area contributed by atoms with Crippen molar-refractivity contribution in [2.45, 2.75) is 141 Å². The fourth-order valence-corrected chi connectivity index (χ4v) is 10.8. The van der Waals surface area contributed by atoms with Crippen LogP contribution in [0.2, 0.25) is 0 Å². The van der Waals surface area contributed by atoms with Crippen molar-refractivity contribution in [2.75, 3.05) is 40.0 Å². The van der Waals surface area contributed by atoms with Crippen molar-refractivity contribution in [3.8, 4) is 5.75 Å². The Labute approximate surface area is 316 Å². The van der Waals surface area contributed by atoms with E-state index in [1.165, 1.54) is 11.1 Å². The molecule has 0 spiro atoms. The normalized spacial score (nSPS) is 30.9. The van der Waals surface area contributed by atoms with Crippen LogP contribution in [0.4, 0.5) is 0 Å². The predicted octanol–water partition coefficient (Wildman–Crippen LogP) is 6.17. The summed E-state index contributed by atoms with van der Waals surface area (Å²) in [5.74, 6) is 1.18. The first-order valence-electron chi connectivity index (χ1n) is 20.4. The fraction of sp³-hybridized carbons (Fsp3) is 0.800. The van der Waals surface area contributed by atoms with E-state index in [1.807, 2.05) is 6.07 Å². The highest BCUT2D eigenvalue weighted by Gasteiger charge is 2.55. The number of methoxy groups -OCH3 is 1. The van der Waals surface area contributed by atoms with E-state index in [2.05, 4.69) is 43.5 Å². The minimum Gasteiger partial charge on any atom is -0.404 e. The Kier molecular flexibility index (Phi) is 15.6. The molecule has 53 heavy (non-hydrogen) atoms. The van der Waals surface area contributed by atoms with Gasteiger partial charge in [-0.15, -0.1) is 0 Å². The Hall–Kier alpha value is -2.05. The quantitative estimate of drug-likeness (QED) is 0.0891. The topological polar surface area (TPSA) is 168 Å². The van der Waals surface area contributed by atoms with Crippen LogP contribution < -0.4 is 20.9 Å². The molecule has 9 unspecified atom stereocenters. The van der Waals surface area contributed by atoms with Gasteiger partial charge in [-0.3, -0.25) is 18.6 Å². The number of ether oxygens (including phenoxy) is 2. The van der Waals surface area contributed by atoms with Crippen LogP contribution >= 0.6 is 7.82 Å². The average molecular weight is 764 g/mol. The number of aliphatic hydroxyl groups excluding tert-OH is 1. The number of phosphoric acid groups is 1. The molecule has 0 bridgehead atoms. The largest absolute Gasteiger partial charge is 0.530 e. The number of aryl methyl sites for hydroxylation is 1. The van der Waals surface area contributed by atoms with Gasteiger partial charge in [-0.1, -0.05) is 39.7 Å². The Morgan fingerprint density at radius 3 is 2.42 bits per heavy atom. The second-order valence-corrected chi connectivity index (χ2v) is 17.5. The second kappa shape index (κ2) is 19.7. The van der Waals surface area contributed by atoms with Crippen LogP contribution in [0.15, 0.2) is 18.2 Å². The molecule has 13 heteroatoms. The Morgan fingerprint density at radius 2 is 1.70 bits per heavy atom. The molecule has 300 valence electrons. The fourth-order valence-electron chi connectivity index (χ4n) is 9.51. The van der Waals surface area contributed by atoms with Crippen molar-refractivity contribution >= 4 is 19.6 Å². The van der Waals surface area contributed by atoms with E-state index in [9.17, 15) is 19.3 Å². The van der Waals surface area contributed by atoms with Crippen molar-refractivity contribution in [1.82, 2.24) is 10.6 Å². The van der Waals surface area contributed by atoms with Crippen molar-refractivity contribution in [3.05, 3.63) is 29.3 Å². The van der Waals surface area contributed by atoms with Crippen LogP contribution in [0.5, 0.6) is 5.75 Å². The lowest BCUT2D eigenvalue weighted by atomic mass is 9.55. The Balaban J connectivity index is 1.05.